The van der Waals surface area contributed by atoms with Gasteiger partial charge in [-0.2, -0.15) is 0 Å². The van der Waals surface area contributed by atoms with E-state index in [4.69, 9.17) is 0 Å². The van der Waals surface area contributed by atoms with E-state index in [2.05, 4.69) is 25.2 Å². The Balaban J connectivity index is 1.48. The van der Waals surface area contributed by atoms with E-state index in [1.165, 1.54) is 24.3 Å². The highest BCUT2D eigenvalue weighted by molar-refractivity contribution is 6.02. The summed E-state index contributed by atoms with van der Waals surface area (Å²) in [6.45, 7) is 1.47. The molecule has 196 valence electrons. The fourth-order valence-corrected chi connectivity index (χ4v) is 4.96. The quantitative estimate of drug-likeness (QED) is 0.275. The molecule has 1 aliphatic heterocycles. The number of aliphatic hydroxyl groups excluding tert-OH is 1. The number of hydrogen-bond donors (Lipinski definition) is 3. The van der Waals surface area contributed by atoms with Gasteiger partial charge in [0.15, 0.2) is 0 Å². The van der Waals surface area contributed by atoms with Gasteiger partial charge in [0.2, 0.25) is 0 Å². The van der Waals surface area contributed by atoms with Gasteiger partial charge in [-0.1, -0.05) is 36.4 Å². The Labute approximate surface area is 222 Å². The van der Waals surface area contributed by atoms with Crippen molar-refractivity contribution in [1.29, 1.82) is 0 Å². The van der Waals surface area contributed by atoms with Crippen LogP contribution in [0.5, 0.6) is 0 Å². The Bertz CT molecular complexity index is 1680. The maximum atomic E-state index is 14.8. The summed E-state index contributed by atoms with van der Waals surface area (Å²) in [5.74, 6) is -1.06. The van der Waals surface area contributed by atoms with Crippen LogP contribution in [0.2, 0.25) is 0 Å². The average Bonchev–Trinajstić information content (AvgIpc) is 2.94. The van der Waals surface area contributed by atoms with Gasteiger partial charge in [-0.25, -0.2) is 18.7 Å². The highest BCUT2D eigenvalue weighted by atomic mass is 19.1. The second kappa shape index (κ2) is 10.3. The van der Waals surface area contributed by atoms with Crippen molar-refractivity contribution in [2.45, 2.75) is 18.9 Å². The maximum Gasteiger partial charge on any atom is 0.259 e. The number of H-pyrrole nitrogens is 1. The van der Waals surface area contributed by atoms with Crippen LogP contribution in [0.15, 0.2) is 83.9 Å². The lowest BCUT2D eigenvalue weighted by Gasteiger charge is -2.31. The largest absolute Gasteiger partial charge is 0.393 e. The van der Waals surface area contributed by atoms with E-state index in [-0.39, 0.29) is 22.7 Å². The summed E-state index contributed by atoms with van der Waals surface area (Å²) < 4.78 is 29.7. The van der Waals surface area contributed by atoms with E-state index in [0.717, 1.165) is 24.3 Å². The van der Waals surface area contributed by atoms with Crippen molar-refractivity contribution in [3.05, 3.63) is 101 Å². The van der Waals surface area contributed by atoms with E-state index >= 15 is 0 Å². The third kappa shape index (κ3) is 4.84. The predicted octanol–water partition coefficient (Wildman–Crippen LogP) is 5.64. The summed E-state index contributed by atoms with van der Waals surface area (Å²) in [4.78, 5) is 27.2. The number of fused-ring (bicyclic) bond motifs is 1. The molecule has 9 heteroatoms. The van der Waals surface area contributed by atoms with Crippen molar-refractivity contribution in [1.82, 2.24) is 15.0 Å². The van der Waals surface area contributed by atoms with Gasteiger partial charge < -0.3 is 20.3 Å². The third-order valence-corrected chi connectivity index (χ3v) is 6.99. The lowest BCUT2D eigenvalue weighted by molar-refractivity contribution is 0.145. The molecule has 0 aliphatic carbocycles. The first kappa shape index (κ1) is 24.7. The van der Waals surface area contributed by atoms with Crippen LogP contribution >= 0.6 is 0 Å². The first-order valence-electron chi connectivity index (χ1n) is 12.7. The molecule has 39 heavy (non-hydrogen) atoms. The Morgan fingerprint density at radius 1 is 0.974 bits per heavy atom. The third-order valence-electron chi connectivity index (χ3n) is 6.99. The molecule has 1 aliphatic rings. The number of nitrogens with zero attached hydrogens (tertiary/aromatic N) is 3. The highest BCUT2D eigenvalue weighted by Gasteiger charge is 2.20. The molecule has 0 bridgehead atoms. The van der Waals surface area contributed by atoms with Gasteiger partial charge in [-0.05, 0) is 48.7 Å². The van der Waals surface area contributed by atoms with Crippen molar-refractivity contribution < 1.29 is 13.9 Å². The summed E-state index contributed by atoms with van der Waals surface area (Å²) in [6.07, 6.45) is 4.40. The lowest BCUT2D eigenvalue weighted by atomic mass is 10.0. The summed E-state index contributed by atoms with van der Waals surface area (Å²) in [5, 5.41) is 13.2. The van der Waals surface area contributed by atoms with Crippen molar-refractivity contribution in [3.63, 3.8) is 0 Å². The molecule has 2 aromatic carbocycles. The second-order valence-electron chi connectivity index (χ2n) is 9.52. The van der Waals surface area contributed by atoms with E-state index in [1.54, 1.807) is 18.5 Å². The molecule has 4 heterocycles. The molecule has 3 aromatic heterocycles. The molecule has 3 N–H and O–H groups in total. The van der Waals surface area contributed by atoms with Gasteiger partial charge in [-0.15, -0.1) is 0 Å². The minimum atomic E-state index is -0.756. The molecule has 0 radical (unpaired) electrons. The van der Waals surface area contributed by atoms with Crippen molar-refractivity contribution in [2.24, 2.45) is 0 Å². The Kier molecular flexibility index (Phi) is 6.50. The molecule has 0 amide bonds. The molecule has 1 saturated heterocycles. The number of aromatic amines is 1. The summed E-state index contributed by atoms with van der Waals surface area (Å²) in [7, 11) is 0. The van der Waals surface area contributed by atoms with Crippen LogP contribution in [0.1, 0.15) is 12.8 Å². The van der Waals surface area contributed by atoms with Gasteiger partial charge in [0.1, 0.15) is 17.5 Å². The maximum absolute atomic E-state index is 14.8. The van der Waals surface area contributed by atoms with Crippen LogP contribution in [0.3, 0.4) is 0 Å². The first-order chi connectivity index (χ1) is 19.0. The SMILES string of the molecule is O=c1[nH]cc(-c2ccccc2)c2nc(-c3c(F)cccc3F)cc(Nc3ccc(N4CCC(O)CC4)cn3)c12. The van der Waals surface area contributed by atoms with Crippen LogP contribution in [0.25, 0.3) is 33.3 Å². The fraction of sp³-hybridized carbons (Fsp3) is 0.167. The zero-order valence-electron chi connectivity index (χ0n) is 20.9. The minimum absolute atomic E-state index is 0.0480. The van der Waals surface area contributed by atoms with Crippen LogP contribution in [0.4, 0.5) is 26.0 Å². The van der Waals surface area contributed by atoms with Crippen LogP contribution < -0.4 is 15.8 Å². The standard InChI is InChI=1S/C30H25F2N5O2/c31-22-7-4-8-23(32)27(22)24-15-25(35-26-10-9-19(16-33-26)37-13-11-20(38)12-14-37)28-29(36-24)21(17-34-30(28)39)18-5-2-1-3-6-18/h1-10,15-17,20,38H,11-14H2,(H,34,39)(H,33,35,36). The molecule has 0 unspecified atom stereocenters. The van der Waals surface area contributed by atoms with Crippen LogP contribution in [0, 0.1) is 11.6 Å². The molecule has 1 fully saturated rings. The highest BCUT2D eigenvalue weighted by Crippen LogP contribution is 2.35. The average molecular weight is 526 g/mol. The zero-order chi connectivity index (χ0) is 26.9. The van der Waals surface area contributed by atoms with Gasteiger partial charge in [-0.3, -0.25) is 4.79 Å². The number of hydrogen-bond acceptors (Lipinski definition) is 6. The van der Waals surface area contributed by atoms with Crippen molar-refractivity contribution >= 4 is 28.1 Å². The Hall–Kier alpha value is -4.63. The van der Waals surface area contributed by atoms with E-state index in [0.29, 0.717) is 35.4 Å². The fourth-order valence-electron chi connectivity index (χ4n) is 4.96. The Morgan fingerprint density at radius 3 is 2.41 bits per heavy atom. The van der Waals surface area contributed by atoms with Gasteiger partial charge in [0.25, 0.3) is 5.56 Å². The lowest BCUT2D eigenvalue weighted by Crippen LogP contribution is -2.35. The molecule has 5 aromatic rings. The van der Waals surface area contributed by atoms with Crippen LogP contribution in [-0.2, 0) is 0 Å². The number of benzene rings is 2. The number of nitrogens with one attached hydrogen (secondary N) is 2. The number of halogens is 2. The van der Waals surface area contributed by atoms with Crippen LogP contribution in [-0.4, -0.2) is 39.3 Å². The normalized spacial score (nSPS) is 14.1. The Morgan fingerprint density at radius 2 is 1.72 bits per heavy atom. The number of pyridine rings is 3. The molecule has 0 saturated carbocycles. The summed E-state index contributed by atoms with van der Waals surface area (Å²) >= 11 is 0. The summed E-state index contributed by atoms with van der Waals surface area (Å²) in [5.41, 5.74) is 2.31. The first-order valence-corrected chi connectivity index (χ1v) is 12.7. The minimum Gasteiger partial charge on any atom is -0.393 e. The second-order valence-corrected chi connectivity index (χ2v) is 9.52. The topological polar surface area (TPSA) is 94.1 Å². The van der Waals surface area contributed by atoms with Gasteiger partial charge >= 0.3 is 0 Å². The summed E-state index contributed by atoms with van der Waals surface area (Å²) in [6, 6.07) is 18.1. The molecule has 7 nitrogen and oxygen atoms in total. The number of aliphatic hydroxyl groups is 1. The monoisotopic (exact) mass is 525 g/mol. The van der Waals surface area contributed by atoms with Gasteiger partial charge in [0.05, 0.1) is 45.8 Å². The number of anilines is 3. The predicted molar refractivity (Wildman–Crippen MR) is 148 cm³/mol. The molecular formula is C30H25F2N5O2. The smallest absolute Gasteiger partial charge is 0.259 e. The number of aromatic nitrogens is 3. The zero-order valence-corrected chi connectivity index (χ0v) is 20.9. The van der Waals surface area contributed by atoms with Gasteiger partial charge in [0, 0.05) is 24.8 Å². The molecular weight excluding hydrogens is 500 g/mol. The molecule has 6 rings (SSSR count). The van der Waals surface area contributed by atoms with Crippen molar-refractivity contribution in [3.8, 4) is 22.4 Å². The number of rotatable bonds is 5. The number of piperidine rings is 1. The van der Waals surface area contributed by atoms with E-state index in [1.807, 2.05) is 36.4 Å². The van der Waals surface area contributed by atoms with E-state index in [9.17, 15) is 18.7 Å². The molecule has 0 atom stereocenters. The molecule has 0 spiro atoms. The van der Waals surface area contributed by atoms with Crippen molar-refractivity contribution in [2.75, 3.05) is 23.3 Å². The van der Waals surface area contributed by atoms with E-state index < -0.39 is 17.2 Å².